The summed E-state index contributed by atoms with van der Waals surface area (Å²) in [6.45, 7) is 0. The Hall–Kier alpha value is -0.0500. The van der Waals surface area contributed by atoms with Gasteiger partial charge in [-0.25, -0.2) is 4.98 Å². The van der Waals surface area contributed by atoms with Gasteiger partial charge in [0.05, 0.1) is 0 Å². The quantitative estimate of drug-likeness (QED) is 0.598. The number of allylic oxidation sites excluding steroid dienone is 1. The second-order valence-electron chi connectivity index (χ2n) is 2.43. The number of pyridine rings is 1. The zero-order chi connectivity index (χ0) is 9.68. The lowest BCUT2D eigenvalue weighted by atomic mass is 10.2. The Bertz CT molecular complexity index is 292. The van der Waals surface area contributed by atoms with Gasteiger partial charge in [-0.3, -0.25) is 0 Å². The third-order valence-electron chi connectivity index (χ3n) is 1.37. The van der Waals surface area contributed by atoms with Gasteiger partial charge < -0.3 is 0 Å². The number of alkyl halides is 1. The molecule has 0 saturated carbocycles. The number of nitrogens with zero attached hydrogens (tertiary/aromatic N) is 1. The molecule has 1 nitrogen and oxygen atoms in total. The highest BCUT2D eigenvalue weighted by Gasteiger charge is 1.95. The number of halogens is 3. The summed E-state index contributed by atoms with van der Waals surface area (Å²) in [7, 11) is 0. The van der Waals surface area contributed by atoms with Crippen molar-refractivity contribution >= 4 is 45.2 Å². The van der Waals surface area contributed by atoms with Crippen molar-refractivity contribution in [3.63, 3.8) is 0 Å². The fourth-order valence-corrected chi connectivity index (χ4v) is 1.60. The maximum absolute atomic E-state index is 5.72. The Kier molecular flexibility index (Phi) is 4.78. The van der Waals surface area contributed by atoms with Gasteiger partial charge in [0.2, 0.25) is 0 Å². The standard InChI is InChI=1S/C9H8BrCl2N/c10-4-2-1-3-7-5-8(11)13-9(12)6-7/h1,3,5-6H,2,4H2. The number of rotatable bonds is 3. The second kappa shape index (κ2) is 5.63. The van der Waals surface area contributed by atoms with Crippen LogP contribution < -0.4 is 0 Å². The van der Waals surface area contributed by atoms with Crippen LogP contribution in [0.4, 0.5) is 0 Å². The van der Waals surface area contributed by atoms with E-state index in [1.165, 1.54) is 0 Å². The average Bonchev–Trinajstić information content (AvgIpc) is 2.03. The van der Waals surface area contributed by atoms with Gasteiger partial charge >= 0.3 is 0 Å². The first kappa shape index (κ1) is 11.0. The highest BCUT2D eigenvalue weighted by atomic mass is 79.9. The highest BCUT2D eigenvalue weighted by Crippen LogP contribution is 2.15. The first-order valence-corrected chi connectivity index (χ1v) is 5.65. The molecule has 1 aromatic rings. The Morgan fingerprint density at radius 1 is 1.31 bits per heavy atom. The van der Waals surface area contributed by atoms with E-state index in [4.69, 9.17) is 23.2 Å². The van der Waals surface area contributed by atoms with Crippen molar-refractivity contribution in [1.29, 1.82) is 0 Å². The van der Waals surface area contributed by atoms with E-state index >= 15 is 0 Å². The summed E-state index contributed by atoms with van der Waals surface area (Å²) in [5, 5.41) is 1.80. The van der Waals surface area contributed by atoms with Gasteiger partial charge in [0.1, 0.15) is 10.3 Å². The molecule has 0 spiro atoms. The monoisotopic (exact) mass is 279 g/mol. The Morgan fingerprint density at radius 2 is 1.92 bits per heavy atom. The van der Waals surface area contributed by atoms with Crippen LogP contribution in [0.5, 0.6) is 0 Å². The average molecular weight is 281 g/mol. The second-order valence-corrected chi connectivity index (χ2v) is 3.99. The number of hydrogen-bond donors (Lipinski definition) is 0. The summed E-state index contributed by atoms with van der Waals surface area (Å²) in [4.78, 5) is 3.85. The van der Waals surface area contributed by atoms with E-state index in [2.05, 4.69) is 27.0 Å². The molecule has 0 fully saturated rings. The molecule has 0 amide bonds. The minimum absolute atomic E-state index is 0.422. The van der Waals surface area contributed by atoms with Crippen LogP contribution in [-0.2, 0) is 0 Å². The molecule has 1 aromatic heterocycles. The fourth-order valence-electron chi connectivity index (χ4n) is 0.862. The molecular formula is C9H8BrCl2N. The predicted octanol–water partition coefficient (Wildman–Crippen LogP) is 4.19. The molecule has 0 atom stereocenters. The normalized spacial score (nSPS) is 11.0. The fraction of sp³-hybridized carbons (Fsp3) is 0.222. The van der Waals surface area contributed by atoms with Gasteiger partial charge in [-0.1, -0.05) is 51.3 Å². The van der Waals surface area contributed by atoms with Crippen molar-refractivity contribution in [2.75, 3.05) is 5.33 Å². The molecule has 0 unspecified atom stereocenters. The molecule has 0 radical (unpaired) electrons. The summed E-state index contributed by atoms with van der Waals surface area (Å²) >= 11 is 14.8. The van der Waals surface area contributed by atoms with Gasteiger partial charge in [-0.05, 0) is 24.1 Å². The van der Waals surface area contributed by atoms with Crippen LogP contribution in [0.15, 0.2) is 18.2 Å². The van der Waals surface area contributed by atoms with E-state index in [-0.39, 0.29) is 0 Å². The van der Waals surface area contributed by atoms with Crippen molar-refractivity contribution in [3.8, 4) is 0 Å². The maximum atomic E-state index is 5.72. The lowest BCUT2D eigenvalue weighted by molar-refractivity contribution is 1.27. The molecule has 1 heterocycles. The molecule has 70 valence electrons. The topological polar surface area (TPSA) is 12.9 Å². The van der Waals surface area contributed by atoms with Crippen LogP contribution in [0, 0.1) is 0 Å². The van der Waals surface area contributed by atoms with E-state index < -0.39 is 0 Å². The van der Waals surface area contributed by atoms with Crippen molar-refractivity contribution in [3.05, 3.63) is 34.1 Å². The molecule has 0 aliphatic heterocycles. The van der Waals surface area contributed by atoms with E-state index in [0.717, 1.165) is 17.3 Å². The smallest absolute Gasteiger partial charge is 0.131 e. The van der Waals surface area contributed by atoms with Crippen molar-refractivity contribution in [2.24, 2.45) is 0 Å². The largest absolute Gasteiger partial charge is 0.224 e. The van der Waals surface area contributed by atoms with E-state index in [1.54, 1.807) is 12.1 Å². The van der Waals surface area contributed by atoms with Gasteiger partial charge in [-0.15, -0.1) is 0 Å². The van der Waals surface area contributed by atoms with Gasteiger partial charge in [0, 0.05) is 5.33 Å². The van der Waals surface area contributed by atoms with Gasteiger partial charge in [0.15, 0.2) is 0 Å². The number of hydrogen-bond acceptors (Lipinski definition) is 1. The van der Waals surface area contributed by atoms with E-state index in [1.807, 2.05) is 6.08 Å². The first-order chi connectivity index (χ1) is 6.22. The van der Waals surface area contributed by atoms with Crippen molar-refractivity contribution in [2.45, 2.75) is 6.42 Å². The van der Waals surface area contributed by atoms with Crippen LogP contribution in [-0.4, -0.2) is 10.3 Å². The maximum Gasteiger partial charge on any atom is 0.131 e. The van der Waals surface area contributed by atoms with Crippen LogP contribution >= 0.6 is 39.1 Å². The third kappa shape index (κ3) is 4.12. The van der Waals surface area contributed by atoms with E-state index in [9.17, 15) is 0 Å². The zero-order valence-corrected chi connectivity index (χ0v) is 9.90. The van der Waals surface area contributed by atoms with Crippen molar-refractivity contribution in [1.82, 2.24) is 4.98 Å². The molecule has 0 aromatic carbocycles. The molecule has 13 heavy (non-hydrogen) atoms. The molecule has 1 rings (SSSR count). The minimum Gasteiger partial charge on any atom is -0.224 e. The summed E-state index contributed by atoms with van der Waals surface area (Å²) in [5.74, 6) is 0. The highest BCUT2D eigenvalue weighted by molar-refractivity contribution is 9.09. The molecule has 0 bridgehead atoms. The summed E-state index contributed by atoms with van der Waals surface area (Å²) < 4.78 is 0. The van der Waals surface area contributed by atoms with Crippen LogP contribution in [0.2, 0.25) is 10.3 Å². The lowest BCUT2D eigenvalue weighted by Gasteiger charge is -1.95. The molecule has 0 N–H and O–H groups in total. The lowest BCUT2D eigenvalue weighted by Crippen LogP contribution is -1.79. The predicted molar refractivity (Wildman–Crippen MR) is 61.7 cm³/mol. The van der Waals surface area contributed by atoms with Crippen molar-refractivity contribution < 1.29 is 0 Å². The summed E-state index contributed by atoms with van der Waals surface area (Å²) in [6.07, 6.45) is 5.01. The zero-order valence-electron chi connectivity index (χ0n) is 6.80. The van der Waals surface area contributed by atoms with E-state index in [0.29, 0.717) is 10.3 Å². The van der Waals surface area contributed by atoms with Gasteiger partial charge in [-0.2, -0.15) is 0 Å². The summed E-state index contributed by atoms with van der Waals surface area (Å²) in [5.41, 5.74) is 0.978. The molecule has 4 heteroatoms. The molecule has 0 saturated heterocycles. The SMILES string of the molecule is Clc1cc(C=CCCBr)cc(Cl)n1. The molecular weight excluding hydrogens is 273 g/mol. The first-order valence-electron chi connectivity index (χ1n) is 3.78. The Labute approximate surface area is 95.9 Å². The Morgan fingerprint density at radius 3 is 2.46 bits per heavy atom. The minimum atomic E-state index is 0.422. The van der Waals surface area contributed by atoms with Crippen LogP contribution in [0.1, 0.15) is 12.0 Å². The molecule has 0 aliphatic carbocycles. The van der Waals surface area contributed by atoms with Crippen LogP contribution in [0.25, 0.3) is 6.08 Å². The number of aromatic nitrogens is 1. The van der Waals surface area contributed by atoms with Crippen LogP contribution in [0.3, 0.4) is 0 Å². The third-order valence-corrected chi connectivity index (χ3v) is 2.22. The molecule has 0 aliphatic rings. The Balaban J connectivity index is 2.77. The summed E-state index contributed by atoms with van der Waals surface area (Å²) in [6, 6.07) is 3.55. The van der Waals surface area contributed by atoms with Gasteiger partial charge in [0.25, 0.3) is 0 Å².